The molecule has 0 unspecified atom stereocenters. The quantitative estimate of drug-likeness (QED) is 0.177. The molecule has 206 valence electrons. The maximum atomic E-state index is 13.1. The summed E-state index contributed by atoms with van der Waals surface area (Å²) in [6, 6.07) is 15.8. The number of ether oxygens (including phenoxy) is 1. The van der Waals surface area contributed by atoms with Crippen LogP contribution < -0.4 is 10.1 Å². The van der Waals surface area contributed by atoms with Gasteiger partial charge >= 0.3 is 0 Å². The number of benzene rings is 2. The smallest absolute Gasteiger partial charge is 0.255 e. The van der Waals surface area contributed by atoms with Crippen LogP contribution in [0.2, 0.25) is 0 Å². The lowest BCUT2D eigenvalue weighted by Gasteiger charge is -2.17. The first-order chi connectivity index (χ1) is 19.4. The van der Waals surface area contributed by atoms with Crippen LogP contribution in [0.5, 0.6) is 5.75 Å². The molecule has 10 heteroatoms. The Hall–Kier alpha value is -3.64. The van der Waals surface area contributed by atoms with Crippen LogP contribution in [0, 0.1) is 0 Å². The molecule has 0 aliphatic heterocycles. The van der Waals surface area contributed by atoms with Crippen LogP contribution >= 0.6 is 30.3 Å². The van der Waals surface area contributed by atoms with Crippen molar-refractivity contribution >= 4 is 58.6 Å². The maximum Gasteiger partial charge on any atom is 0.255 e. The fraction of sp³-hybridized carbons (Fsp3) is 0.200. The van der Waals surface area contributed by atoms with E-state index in [1.165, 1.54) is 12.7 Å². The van der Waals surface area contributed by atoms with Gasteiger partial charge in [0, 0.05) is 78.9 Å². The fourth-order valence-electron chi connectivity index (χ4n) is 4.14. The van der Waals surface area contributed by atoms with Crippen molar-refractivity contribution < 1.29 is 9.53 Å². The topological polar surface area (TPSA) is 85.2 Å². The minimum Gasteiger partial charge on any atom is -0.496 e. The summed E-state index contributed by atoms with van der Waals surface area (Å²) in [5.41, 5.74) is 6.58. The van der Waals surface area contributed by atoms with Crippen LogP contribution in [-0.2, 0) is 0 Å². The SMILES string of the molecule is CCC.COc1ccccc1-c1cn(SI)c2ncc(-c3ccc(Nc4cncnc4)c(C(=O)N(C)C)c3)cc12. The number of carbonyl (C=O) groups excluding carboxylic acids is 1. The number of hydrogen-bond donors (Lipinski definition) is 1. The highest BCUT2D eigenvalue weighted by Gasteiger charge is 2.18. The molecular formula is C30H31IN6O2S. The van der Waals surface area contributed by atoms with Gasteiger partial charge in [-0.15, -0.1) is 0 Å². The number of para-hydroxylation sites is 1. The lowest BCUT2D eigenvalue weighted by atomic mass is 9.99. The number of anilines is 2. The molecule has 0 saturated carbocycles. The van der Waals surface area contributed by atoms with E-state index in [1.54, 1.807) is 47.6 Å². The monoisotopic (exact) mass is 666 g/mol. The summed E-state index contributed by atoms with van der Waals surface area (Å²) in [4.78, 5) is 27.6. The zero-order valence-electron chi connectivity index (χ0n) is 23.1. The molecule has 0 aliphatic carbocycles. The number of amides is 1. The number of nitrogens with one attached hydrogen (secondary N) is 1. The second kappa shape index (κ2) is 13.6. The van der Waals surface area contributed by atoms with Crippen molar-refractivity contribution in [2.45, 2.75) is 20.3 Å². The Balaban J connectivity index is 0.00000118. The van der Waals surface area contributed by atoms with Crippen molar-refractivity contribution in [3.8, 4) is 28.0 Å². The average Bonchev–Trinajstić information content (AvgIpc) is 3.35. The van der Waals surface area contributed by atoms with Crippen LogP contribution in [0.1, 0.15) is 30.6 Å². The van der Waals surface area contributed by atoms with Crippen molar-refractivity contribution in [3.63, 3.8) is 0 Å². The Morgan fingerprint density at radius 1 is 1.02 bits per heavy atom. The van der Waals surface area contributed by atoms with Crippen LogP contribution in [0.3, 0.4) is 0 Å². The van der Waals surface area contributed by atoms with Crippen molar-refractivity contribution in [1.82, 2.24) is 23.8 Å². The Bertz CT molecular complexity index is 1610. The highest BCUT2D eigenvalue weighted by Crippen LogP contribution is 2.39. The molecule has 1 N–H and O–H groups in total. The predicted molar refractivity (Wildman–Crippen MR) is 173 cm³/mol. The van der Waals surface area contributed by atoms with E-state index in [4.69, 9.17) is 9.72 Å². The molecule has 2 aromatic carbocycles. The highest BCUT2D eigenvalue weighted by atomic mass is 127. The molecule has 8 nitrogen and oxygen atoms in total. The zero-order chi connectivity index (χ0) is 28.6. The molecule has 0 bridgehead atoms. The maximum absolute atomic E-state index is 13.1. The molecule has 0 radical (unpaired) electrons. The molecule has 5 aromatic rings. The lowest BCUT2D eigenvalue weighted by Crippen LogP contribution is -2.22. The van der Waals surface area contributed by atoms with Gasteiger partial charge in [-0.05, 0) is 29.8 Å². The summed E-state index contributed by atoms with van der Waals surface area (Å²) >= 11 is 2.25. The molecule has 3 heterocycles. The Labute approximate surface area is 250 Å². The Morgan fingerprint density at radius 2 is 1.75 bits per heavy atom. The summed E-state index contributed by atoms with van der Waals surface area (Å²) in [6.07, 6.45) is 9.96. The van der Waals surface area contributed by atoms with Gasteiger partial charge in [0.1, 0.15) is 12.1 Å². The molecule has 1 amide bonds. The largest absolute Gasteiger partial charge is 0.496 e. The van der Waals surface area contributed by atoms with Crippen LogP contribution in [-0.4, -0.2) is 50.9 Å². The van der Waals surface area contributed by atoms with E-state index in [-0.39, 0.29) is 5.91 Å². The molecule has 0 fully saturated rings. The molecular weight excluding hydrogens is 635 g/mol. The standard InChI is InChI=1S/C27H23IN6O2S.C3H8/c1-33(2)27(35)22-10-17(8-9-24(22)32-19-13-29-16-30-14-19)18-11-21-23(15-34(37-28)26(21)31-12-18)20-6-4-5-7-25(20)36-3;1-3-2/h4-16,32H,1-3H3;3H2,1-2H3. The van der Waals surface area contributed by atoms with Gasteiger partial charge in [0.05, 0.1) is 36.4 Å². The third-order valence-corrected chi connectivity index (χ3v) is 7.61. The van der Waals surface area contributed by atoms with Crippen molar-refractivity contribution in [1.29, 1.82) is 0 Å². The van der Waals surface area contributed by atoms with Crippen LogP contribution in [0.25, 0.3) is 33.3 Å². The highest BCUT2D eigenvalue weighted by molar-refractivity contribution is 14.2. The van der Waals surface area contributed by atoms with E-state index in [9.17, 15) is 4.79 Å². The summed E-state index contributed by atoms with van der Waals surface area (Å²) in [5, 5.41) is 4.26. The third kappa shape index (κ3) is 6.39. The second-order valence-electron chi connectivity index (χ2n) is 9.15. The minimum atomic E-state index is -0.114. The number of hydrogen-bond acceptors (Lipinski definition) is 7. The molecule has 5 rings (SSSR count). The van der Waals surface area contributed by atoms with Crippen molar-refractivity contribution in [2.75, 3.05) is 26.5 Å². The van der Waals surface area contributed by atoms with E-state index in [0.29, 0.717) is 16.9 Å². The van der Waals surface area contributed by atoms with Gasteiger partial charge in [-0.1, -0.05) is 44.5 Å². The van der Waals surface area contributed by atoms with Crippen molar-refractivity contribution in [3.05, 3.63) is 85.2 Å². The number of carbonyl (C=O) groups is 1. The molecule has 0 atom stereocenters. The molecule has 0 saturated heterocycles. The molecule has 0 spiro atoms. The third-order valence-electron chi connectivity index (χ3n) is 5.91. The molecule has 3 aromatic heterocycles. The number of rotatable bonds is 7. The summed E-state index contributed by atoms with van der Waals surface area (Å²) in [6.45, 7) is 4.25. The number of fused-ring (bicyclic) bond motifs is 1. The number of aromatic nitrogens is 4. The van der Waals surface area contributed by atoms with Gasteiger partial charge in [-0.2, -0.15) is 0 Å². The van der Waals surface area contributed by atoms with Gasteiger partial charge in [0.25, 0.3) is 5.91 Å². The fourth-order valence-corrected chi connectivity index (χ4v) is 5.40. The van der Waals surface area contributed by atoms with Gasteiger partial charge in [0.2, 0.25) is 0 Å². The van der Waals surface area contributed by atoms with E-state index in [1.807, 2.05) is 52.6 Å². The van der Waals surface area contributed by atoms with Gasteiger partial charge < -0.3 is 15.0 Å². The molecule has 0 aliphatic rings. The van der Waals surface area contributed by atoms with Gasteiger partial charge in [0.15, 0.2) is 5.65 Å². The van der Waals surface area contributed by atoms with E-state index in [0.717, 1.165) is 39.0 Å². The minimum absolute atomic E-state index is 0.114. The van der Waals surface area contributed by atoms with Crippen LogP contribution in [0.4, 0.5) is 11.4 Å². The normalized spacial score (nSPS) is 10.6. The second-order valence-corrected chi connectivity index (χ2v) is 10.9. The van der Waals surface area contributed by atoms with Gasteiger partial charge in [-0.3, -0.25) is 8.77 Å². The summed E-state index contributed by atoms with van der Waals surface area (Å²) < 4.78 is 7.68. The Kier molecular flexibility index (Phi) is 9.99. The van der Waals surface area contributed by atoms with Crippen molar-refractivity contribution in [2.24, 2.45) is 0 Å². The number of pyridine rings is 1. The van der Waals surface area contributed by atoms with Gasteiger partial charge in [-0.25, -0.2) is 15.0 Å². The lowest BCUT2D eigenvalue weighted by molar-refractivity contribution is 0.0828. The number of methoxy groups -OCH3 is 1. The zero-order valence-corrected chi connectivity index (χ0v) is 26.0. The Morgan fingerprint density at radius 3 is 2.42 bits per heavy atom. The van der Waals surface area contributed by atoms with E-state index < -0.39 is 0 Å². The first-order valence-corrected chi connectivity index (χ1v) is 16.0. The van der Waals surface area contributed by atoms with E-state index in [2.05, 4.69) is 62.6 Å². The number of halogens is 1. The molecule has 40 heavy (non-hydrogen) atoms. The van der Waals surface area contributed by atoms with E-state index >= 15 is 0 Å². The predicted octanol–water partition coefficient (Wildman–Crippen LogP) is 7.88. The number of nitrogens with zero attached hydrogens (tertiary/aromatic N) is 5. The summed E-state index contributed by atoms with van der Waals surface area (Å²) in [7, 11) is 6.71. The van der Waals surface area contributed by atoms with Crippen LogP contribution in [0.15, 0.2) is 79.6 Å². The first kappa shape index (κ1) is 29.3. The summed E-state index contributed by atoms with van der Waals surface area (Å²) in [5.74, 6) is 0.682. The average molecular weight is 667 g/mol. The first-order valence-electron chi connectivity index (χ1n) is 12.7.